The summed E-state index contributed by atoms with van der Waals surface area (Å²) in [6.45, 7) is 4.52. The molecule has 16 heavy (non-hydrogen) atoms. The van der Waals surface area contributed by atoms with E-state index < -0.39 is 0 Å². The van der Waals surface area contributed by atoms with Gasteiger partial charge in [-0.05, 0) is 30.6 Å². The van der Waals surface area contributed by atoms with E-state index in [2.05, 4.69) is 45.7 Å². The van der Waals surface area contributed by atoms with Gasteiger partial charge in [-0.1, -0.05) is 45.7 Å². The molecule has 0 aromatic rings. The Morgan fingerprint density at radius 3 is 2.62 bits per heavy atom. The van der Waals surface area contributed by atoms with Crippen molar-refractivity contribution in [2.24, 2.45) is 16.7 Å². The number of alkyl halides is 2. The molecular weight excluding hydrogens is 336 g/mol. The van der Waals surface area contributed by atoms with Crippen LogP contribution in [0, 0.1) is 16.7 Å². The van der Waals surface area contributed by atoms with Gasteiger partial charge < -0.3 is 4.74 Å². The van der Waals surface area contributed by atoms with Crippen LogP contribution in [0.5, 0.6) is 0 Å². The Labute approximate surface area is 114 Å². The first-order valence-corrected chi connectivity index (χ1v) is 7.60. The Kier molecular flexibility index (Phi) is 2.99. The van der Waals surface area contributed by atoms with Crippen LogP contribution in [0.25, 0.3) is 0 Å². The Bertz CT molecular complexity index is 329. The number of hydrogen-bond acceptors (Lipinski definition) is 2. The summed E-state index contributed by atoms with van der Waals surface area (Å²) >= 11 is 7.46. The summed E-state index contributed by atoms with van der Waals surface area (Å²) in [6, 6.07) is 0. The molecule has 2 saturated carbocycles. The van der Waals surface area contributed by atoms with Gasteiger partial charge in [-0.3, -0.25) is 4.79 Å². The average Bonchev–Trinajstić information content (AvgIpc) is 2.78. The molecule has 0 aliphatic heterocycles. The van der Waals surface area contributed by atoms with Crippen molar-refractivity contribution in [2.75, 3.05) is 12.4 Å². The third kappa shape index (κ3) is 1.21. The summed E-state index contributed by atoms with van der Waals surface area (Å²) < 4.78 is 4.88. The second kappa shape index (κ2) is 3.71. The molecule has 0 aromatic heterocycles. The van der Waals surface area contributed by atoms with E-state index in [4.69, 9.17) is 4.74 Å². The first-order chi connectivity index (χ1) is 7.35. The molecule has 0 N–H and O–H groups in total. The first kappa shape index (κ1) is 12.9. The largest absolute Gasteiger partial charge is 0.469 e. The minimum atomic E-state index is -0.334. The zero-order valence-corrected chi connectivity index (χ0v) is 13.2. The highest BCUT2D eigenvalue weighted by molar-refractivity contribution is 9.12. The Morgan fingerprint density at radius 1 is 1.50 bits per heavy atom. The molecule has 0 spiro atoms. The molecular formula is C12H18Br2O2. The van der Waals surface area contributed by atoms with Crippen molar-refractivity contribution in [3.63, 3.8) is 0 Å². The van der Waals surface area contributed by atoms with E-state index in [0.717, 1.165) is 24.6 Å². The Balaban J connectivity index is 2.50. The average molecular weight is 354 g/mol. The molecule has 2 bridgehead atoms. The van der Waals surface area contributed by atoms with Crippen LogP contribution in [0.15, 0.2) is 0 Å². The van der Waals surface area contributed by atoms with E-state index in [9.17, 15) is 4.79 Å². The van der Waals surface area contributed by atoms with Crippen molar-refractivity contribution in [2.45, 2.75) is 37.4 Å². The quantitative estimate of drug-likeness (QED) is 0.560. The second-order valence-electron chi connectivity index (χ2n) is 5.67. The lowest BCUT2D eigenvalue weighted by Gasteiger charge is -2.49. The number of halogens is 2. The molecule has 4 heteroatoms. The zero-order valence-electron chi connectivity index (χ0n) is 9.98. The lowest BCUT2D eigenvalue weighted by atomic mass is 9.64. The molecule has 0 amide bonds. The van der Waals surface area contributed by atoms with E-state index in [1.54, 1.807) is 0 Å². The smallest absolute Gasteiger partial charge is 0.313 e. The highest BCUT2D eigenvalue weighted by Crippen LogP contribution is 2.72. The molecule has 0 saturated heterocycles. The van der Waals surface area contributed by atoms with Gasteiger partial charge in [0.15, 0.2) is 0 Å². The standard InChI is InChI=1S/C12H18Br2O2/c1-10(2)8-4-5-11(6-8,9(15)16-3)12(10,14)7-13/h8H,4-7H2,1-3H3/t8-,11-,12+/m0/s1. The maximum absolute atomic E-state index is 12.2. The van der Waals surface area contributed by atoms with E-state index in [-0.39, 0.29) is 21.1 Å². The predicted molar refractivity (Wildman–Crippen MR) is 71.0 cm³/mol. The van der Waals surface area contributed by atoms with E-state index in [1.165, 1.54) is 7.11 Å². The highest BCUT2D eigenvalue weighted by Gasteiger charge is 2.72. The lowest BCUT2D eigenvalue weighted by Crippen LogP contribution is -2.55. The minimum Gasteiger partial charge on any atom is -0.469 e. The molecule has 0 aromatic carbocycles. The summed E-state index contributed by atoms with van der Waals surface area (Å²) in [6.07, 6.45) is 3.05. The molecule has 0 radical (unpaired) electrons. The van der Waals surface area contributed by atoms with E-state index >= 15 is 0 Å². The van der Waals surface area contributed by atoms with Gasteiger partial charge in [0, 0.05) is 5.33 Å². The van der Waals surface area contributed by atoms with Gasteiger partial charge in [0.2, 0.25) is 0 Å². The van der Waals surface area contributed by atoms with Crippen LogP contribution in [0.4, 0.5) is 0 Å². The van der Waals surface area contributed by atoms with Crippen molar-refractivity contribution >= 4 is 37.8 Å². The zero-order chi connectivity index (χ0) is 12.2. The van der Waals surface area contributed by atoms with Crippen molar-refractivity contribution in [3.05, 3.63) is 0 Å². The second-order valence-corrected chi connectivity index (χ2v) is 7.58. The number of methoxy groups -OCH3 is 1. The first-order valence-electron chi connectivity index (χ1n) is 5.69. The Morgan fingerprint density at radius 2 is 2.12 bits per heavy atom. The maximum Gasteiger partial charge on any atom is 0.313 e. The molecule has 0 unspecified atom stereocenters. The molecule has 3 atom stereocenters. The SMILES string of the molecule is COC(=O)[C@]12CC[C@@H](C1)C(C)(C)[C@]2(Br)CBr. The van der Waals surface area contributed by atoms with Crippen LogP contribution < -0.4 is 0 Å². The third-order valence-corrected chi connectivity index (χ3v) is 8.73. The lowest BCUT2D eigenvalue weighted by molar-refractivity contribution is -0.154. The number of hydrogen-bond donors (Lipinski definition) is 0. The molecule has 2 rings (SSSR count). The van der Waals surface area contributed by atoms with Crippen LogP contribution in [-0.2, 0) is 9.53 Å². The number of ether oxygens (including phenoxy) is 1. The highest BCUT2D eigenvalue weighted by atomic mass is 79.9. The molecule has 2 aliphatic carbocycles. The van der Waals surface area contributed by atoms with Gasteiger partial charge in [0.1, 0.15) is 0 Å². The topological polar surface area (TPSA) is 26.3 Å². The van der Waals surface area contributed by atoms with Gasteiger partial charge in [-0.2, -0.15) is 0 Å². The summed E-state index contributed by atoms with van der Waals surface area (Å²) in [7, 11) is 1.50. The summed E-state index contributed by atoms with van der Waals surface area (Å²) in [5.41, 5.74) is -0.206. The fourth-order valence-corrected chi connectivity index (χ4v) is 5.91. The van der Waals surface area contributed by atoms with Crippen LogP contribution in [0.1, 0.15) is 33.1 Å². The molecule has 2 aliphatic rings. The summed E-state index contributed by atoms with van der Waals surface area (Å²) in [5, 5.41) is 0.790. The number of rotatable bonds is 2. The van der Waals surface area contributed by atoms with Crippen molar-refractivity contribution in [3.8, 4) is 0 Å². The van der Waals surface area contributed by atoms with E-state index in [1.807, 2.05) is 0 Å². The van der Waals surface area contributed by atoms with Crippen molar-refractivity contribution in [1.82, 2.24) is 0 Å². The van der Waals surface area contributed by atoms with Gasteiger partial charge in [-0.25, -0.2) is 0 Å². The van der Waals surface area contributed by atoms with Gasteiger partial charge >= 0.3 is 5.97 Å². The molecule has 2 fully saturated rings. The van der Waals surface area contributed by atoms with Crippen LogP contribution in [-0.4, -0.2) is 22.7 Å². The Hall–Kier alpha value is 0.430. The molecule has 2 nitrogen and oxygen atoms in total. The number of carbonyl (C=O) groups excluding carboxylic acids is 1. The number of carbonyl (C=O) groups is 1. The minimum absolute atomic E-state index is 0.0445. The molecule has 0 heterocycles. The van der Waals surface area contributed by atoms with Gasteiger partial charge in [0.05, 0.1) is 16.8 Å². The normalized spacial score (nSPS) is 44.7. The van der Waals surface area contributed by atoms with Crippen LogP contribution in [0.2, 0.25) is 0 Å². The van der Waals surface area contributed by atoms with E-state index in [0.29, 0.717) is 5.92 Å². The molecule has 92 valence electrons. The fourth-order valence-electron chi connectivity index (χ4n) is 3.80. The van der Waals surface area contributed by atoms with Crippen LogP contribution >= 0.6 is 31.9 Å². The number of fused-ring (bicyclic) bond motifs is 2. The van der Waals surface area contributed by atoms with Crippen LogP contribution in [0.3, 0.4) is 0 Å². The number of esters is 1. The monoisotopic (exact) mass is 352 g/mol. The predicted octanol–water partition coefficient (Wildman–Crippen LogP) is 3.51. The maximum atomic E-state index is 12.2. The summed E-state index contributed by atoms with van der Waals surface area (Å²) in [4.78, 5) is 12.2. The fraction of sp³-hybridized carbons (Fsp3) is 0.917. The van der Waals surface area contributed by atoms with Gasteiger partial charge in [-0.15, -0.1) is 0 Å². The van der Waals surface area contributed by atoms with Gasteiger partial charge in [0.25, 0.3) is 0 Å². The van der Waals surface area contributed by atoms with Crippen molar-refractivity contribution in [1.29, 1.82) is 0 Å². The third-order valence-electron chi connectivity index (χ3n) is 5.08. The summed E-state index contributed by atoms with van der Waals surface area (Å²) in [5.74, 6) is 0.570. The van der Waals surface area contributed by atoms with Crippen molar-refractivity contribution < 1.29 is 9.53 Å².